The van der Waals surface area contributed by atoms with Crippen LogP contribution in [0.3, 0.4) is 0 Å². The third-order valence-corrected chi connectivity index (χ3v) is 7.37. The molecule has 1 saturated heterocycles. The van der Waals surface area contributed by atoms with Crippen molar-refractivity contribution < 1.29 is 8.42 Å². The van der Waals surface area contributed by atoms with Crippen LogP contribution in [0.4, 0.5) is 5.82 Å². The summed E-state index contributed by atoms with van der Waals surface area (Å²) in [7, 11) is -3.26. The van der Waals surface area contributed by atoms with Gasteiger partial charge < -0.3 is 4.90 Å². The van der Waals surface area contributed by atoms with Crippen LogP contribution in [0.1, 0.15) is 36.3 Å². The maximum atomic E-state index is 12.6. The summed E-state index contributed by atoms with van der Waals surface area (Å²) in [5, 5.41) is 0. The lowest BCUT2D eigenvalue weighted by Gasteiger charge is -2.34. The zero-order valence-electron chi connectivity index (χ0n) is 16.5. The van der Waals surface area contributed by atoms with Crippen molar-refractivity contribution in [2.45, 2.75) is 44.0 Å². The topological polar surface area (TPSA) is 66.4 Å². The van der Waals surface area contributed by atoms with Crippen LogP contribution in [0.2, 0.25) is 0 Å². The van der Waals surface area contributed by atoms with Crippen molar-refractivity contribution in [2.75, 3.05) is 36.8 Å². The molecule has 0 amide bonds. The van der Waals surface area contributed by atoms with E-state index in [1.807, 2.05) is 13.0 Å². The van der Waals surface area contributed by atoms with Crippen LogP contribution in [0.15, 0.2) is 35.2 Å². The van der Waals surface area contributed by atoms with Crippen LogP contribution in [-0.2, 0) is 22.8 Å². The molecule has 0 unspecified atom stereocenters. The molecule has 2 aliphatic rings. The molecule has 1 aromatic carbocycles. The third-order valence-electron chi connectivity index (χ3n) is 5.66. The number of hydrogen-bond acceptors (Lipinski definition) is 6. The number of hydrogen-bond donors (Lipinski definition) is 0. The fraction of sp³-hybridized carbons (Fsp3) is 0.524. The van der Waals surface area contributed by atoms with Crippen LogP contribution >= 0.6 is 0 Å². The molecule has 0 spiro atoms. The van der Waals surface area contributed by atoms with Gasteiger partial charge in [0.15, 0.2) is 9.84 Å². The molecular weight excluding hydrogens is 372 g/mol. The van der Waals surface area contributed by atoms with E-state index in [2.05, 4.69) is 14.8 Å². The van der Waals surface area contributed by atoms with E-state index >= 15 is 0 Å². The van der Waals surface area contributed by atoms with E-state index in [-0.39, 0.29) is 5.75 Å². The molecule has 4 rings (SSSR count). The second kappa shape index (κ2) is 8.17. The number of benzene rings is 1. The normalized spacial score (nSPS) is 18.1. The number of rotatable bonds is 5. The summed E-state index contributed by atoms with van der Waals surface area (Å²) in [6.07, 6.45) is 4.55. The lowest BCUT2D eigenvalue weighted by molar-refractivity contribution is 0.265. The fourth-order valence-corrected chi connectivity index (χ4v) is 5.43. The second-order valence-corrected chi connectivity index (χ2v) is 9.83. The number of anilines is 1. The van der Waals surface area contributed by atoms with E-state index in [0.717, 1.165) is 49.9 Å². The number of fused-ring (bicyclic) bond motifs is 1. The molecule has 0 aliphatic carbocycles. The molecular formula is C21H28N4O2S. The van der Waals surface area contributed by atoms with Gasteiger partial charge in [-0.1, -0.05) is 18.2 Å². The number of piperidine rings is 1. The minimum Gasteiger partial charge on any atom is -0.356 e. The van der Waals surface area contributed by atoms with Gasteiger partial charge in [-0.05, 0) is 38.3 Å². The predicted molar refractivity (Wildman–Crippen MR) is 110 cm³/mol. The number of aromatic nitrogens is 2. The Hall–Kier alpha value is -1.99. The average molecular weight is 401 g/mol. The highest BCUT2D eigenvalue weighted by Gasteiger charge is 2.26. The van der Waals surface area contributed by atoms with Crippen molar-refractivity contribution in [3.8, 4) is 0 Å². The summed E-state index contributed by atoms with van der Waals surface area (Å²) >= 11 is 0. The molecule has 0 bridgehead atoms. The minimum absolute atomic E-state index is 0.137. The highest BCUT2D eigenvalue weighted by Crippen LogP contribution is 2.28. The number of nitrogens with zero attached hydrogens (tertiary/aromatic N) is 4. The third kappa shape index (κ3) is 4.20. The van der Waals surface area contributed by atoms with E-state index in [1.54, 1.807) is 24.3 Å². The van der Waals surface area contributed by atoms with E-state index in [0.29, 0.717) is 11.4 Å². The summed E-state index contributed by atoms with van der Waals surface area (Å²) in [6.45, 7) is 6.16. The largest absolute Gasteiger partial charge is 0.356 e. The van der Waals surface area contributed by atoms with Gasteiger partial charge in [0.1, 0.15) is 11.6 Å². The molecule has 28 heavy (non-hydrogen) atoms. The monoisotopic (exact) mass is 400 g/mol. The Bertz CT molecular complexity index is 925. The van der Waals surface area contributed by atoms with Crippen molar-refractivity contribution in [3.05, 3.63) is 47.4 Å². The maximum Gasteiger partial charge on any atom is 0.179 e. The lowest BCUT2D eigenvalue weighted by Crippen LogP contribution is -2.38. The first-order valence-electron chi connectivity index (χ1n) is 10.1. The van der Waals surface area contributed by atoms with Crippen LogP contribution in [0.25, 0.3) is 0 Å². The first-order chi connectivity index (χ1) is 13.5. The van der Waals surface area contributed by atoms with Gasteiger partial charge in [0.25, 0.3) is 0 Å². The SMILES string of the molecule is Cc1nc2c(c(N3CCCCC3)n1)CN(CCS(=O)(=O)c1ccccc1)CC2. The van der Waals surface area contributed by atoms with E-state index in [1.165, 1.54) is 24.8 Å². The zero-order chi connectivity index (χ0) is 19.6. The van der Waals surface area contributed by atoms with Gasteiger partial charge >= 0.3 is 0 Å². The van der Waals surface area contributed by atoms with Crippen molar-refractivity contribution in [1.29, 1.82) is 0 Å². The Balaban J connectivity index is 1.50. The van der Waals surface area contributed by atoms with Crippen LogP contribution < -0.4 is 4.90 Å². The summed E-state index contributed by atoms with van der Waals surface area (Å²) < 4.78 is 25.2. The van der Waals surface area contributed by atoms with Crippen molar-refractivity contribution in [2.24, 2.45) is 0 Å². The average Bonchev–Trinajstić information content (AvgIpc) is 2.73. The predicted octanol–water partition coefficient (Wildman–Crippen LogP) is 2.61. The minimum atomic E-state index is -3.26. The van der Waals surface area contributed by atoms with Gasteiger partial charge in [0.2, 0.25) is 0 Å². The molecule has 2 aromatic rings. The van der Waals surface area contributed by atoms with Crippen LogP contribution in [0.5, 0.6) is 0 Å². The maximum absolute atomic E-state index is 12.6. The Labute approximate surface area is 167 Å². The number of aryl methyl sites for hydroxylation is 1. The molecule has 6 nitrogen and oxygen atoms in total. The van der Waals surface area contributed by atoms with Gasteiger partial charge in [0.05, 0.1) is 16.3 Å². The Morgan fingerprint density at radius 1 is 1.00 bits per heavy atom. The highest BCUT2D eigenvalue weighted by atomic mass is 32.2. The van der Waals surface area contributed by atoms with Crippen molar-refractivity contribution in [1.82, 2.24) is 14.9 Å². The van der Waals surface area contributed by atoms with Gasteiger partial charge in [0, 0.05) is 44.7 Å². The van der Waals surface area contributed by atoms with Gasteiger partial charge in [-0.3, -0.25) is 4.90 Å². The molecule has 0 radical (unpaired) electrons. The lowest BCUT2D eigenvalue weighted by atomic mass is 10.0. The smallest absolute Gasteiger partial charge is 0.179 e. The first kappa shape index (κ1) is 19.3. The Kier molecular flexibility index (Phi) is 5.64. The first-order valence-corrected chi connectivity index (χ1v) is 11.8. The molecule has 0 saturated carbocycles. The van der Waals surface area contributed by atoms with E-state index < -0.39 is 9.84 Å². The van der Waals surface area contributed by atoms with Gasteiger partial charge in [-0.15, -0.1) is 0 Å². The Morgan fingerprint density at radius 3 is 2.50 bits per heavy atom. The molecule has 1 fully saturated rings. The highest BCUT2D eigenvalue weighted by molar-refractivity contribution is 7.91. The van der Waals surface area contributed by atoms with E-state index in [9.17, 15) is 8.42 Å². The van der Waals surface area contributed by atoms with Crippen LogP contribution in [0, 0.1) is 6.92 Å². The molecule has 1 aromatic heterocycles. The van der Waals surface area contributed by atoms with E-state index in [4.69, 9.17) is 4.98 Å². The number of sulfone groups is 1. The molecule has 2 aliphatic heterocycles. The van der Waals surface area contributed by atoms with Crippen molar-refractivity contribution in [3.63, 3.8) is 0 Å². The fourth-order valence-electron chi connectivity index (χ4n) is 4.13. The molecule has 0 N–H and O–H groups in total. The molecule has 0 atom stereocenters. The van der Waals surface area contributed by atoms with Crippen molar-refractivity contribution >= 4 is 15.7 Å². The summed E-state index contributed by atoms with van der Waals surface area (Å²) in [6, 6.07) is 8.73. The molecule has 150 valence electrons. The van der Waals surface area contributed by atoms with Gasteiger partial charge in [-0.25, -0.2) is 18.4 Å². The Morgan fingerprint density at radius 2 is 1.75 bits per heavy atom. The summed E-state index contributed by atoms with van der Waals surface area (Å²) in [4.78, 5) is 14.5. The quantitative estimate of drug-likeness (QED) is 0.769. The summed E-state index contributed by atoms with van der Waals surface area (Å²) in [5.41, 5.74) is 2.33. The summed E-state index contributed by atoms with van der Waals surface area (Å²) in [5.74, 6) is 2.04. The molecule has 7 heteroatoms. The van der Waals surface area contributed by atoms with Gasteiger partial charge in [-0.2, -0.15) is 0 Å². The second-order valence-electron chi connectivity index (χ2n) is 7.73. The standard InChI is InChI=1S/C21H28N4O2S/c1-17-22-20-10-13-24(14-15-28(26,27)18-8-4-2-5-9-18)16-19(20)21(23-17)25-11-6-3-7-12-25/h2,4-5,8-9H,3,6-7,10-16H2,1H3. The van der Waals surface area contributed by atoms with Crippen LogP contribution in [-0.4, -0.2) is 55.2 Å². The molecule has 3 heterocycles. The zero-order valence-corrected chi connectivity index (χ0v) is 17.3.